The fourth-order valence-electron chi connectivity index (χ4n) is 2.98. The zero-order valence-electron chi connectivity index (χ0n) is 13.3. The van der Waals surface area contributed by atoms with Crippen molar-refractivity contribution in [3.05, 3.63) is 39.8 Å². The van der Waals surface area contributed by atoms with Crippen LogP contribution in [0.15, 0.2) is 23.6 Å². The Morgan fingerprint density at radius 1 is 1.50 bits per heavy atom. The van der Waals surface area contributed by atoms with Crippen LogP contribution < -0.4 is 11.1 Å². The van der Waals surface area contributed by atoms with Gasteiger partial charge in [-0.05, 0) is 36.9 Å². The van der Waals surface area contributed by atoms with Crippen molar-refractivity contribution in [2.24, 2.45) is 5.73 Å². The van der Waals surface area contributed by atoms with Crippen LogP contribution in [0.25, 0.3) is 0 Å². The lowest BCUT2D eigenvalue weighted by molar-refractivity contribution is -0.122. The monoisotopic (exact) mass is 347 g/mol. The van der Waals surface area contributed by atoms with E-state index in [0.29, 0.717) is 13.1 Å². The van der Waals surface area contributed by atoms with E-state index in [1.807, 2.05) is 17.5 Å². The molecule has 8 heteroatoms. The minimum Gasteiger partial charge on any atom is -0.364 e. The standard InChI is InChI=1S/C16H21N5O2S/c17-16(23)14-7-13(19-20-14)11-3-1-5-21(9-11)10-15(22)18-8-12-4-2-6-24-12/h2,4,6-7,11H,1,3,5,8-10H2,(H2,17,23)(H,18,22)(H,19,20). The van der Waals surface area contributed by atoms with Gasteiger partial charge in [0.25, 0.3) is 5.91 Å². The number of nitrogens with two attached hydrogens (primary N) is 1. The summed E-state index contributed by atoms with van der Waals surface area (Å²) in [5.74, 6) is -0.256. The predicted octanol–water partition coefficient (Wildman–Crippen LogP) is 1.07. The third kappa shape index (κ3) is 4.21. The van der Waals surface area contributed by atoms with E-state index in [2.05, 4.69) is 20.4 Å². The van der Waals surface area contributed by atoms with E-state index in [1.54, 1.807) is 17.4 Å². The number of carbonyl (C=O) groups is 2. The number of nitrogens with one attached hydrogen (secondary N) is 2. The second-order valence-electron chi connectivity index (χ2n) is 6.00. The quantitative estimate of drug-likeness (QED) is 0.727. The van der Waals surface area contributed by atoms with Gasteiger partial charge in [0.1, 0.15) is 5.69 Å². The van der Waals surface area contributed by atoms with Gasteiger partial charge in [0.05, 0.1) is 13.1 Å². The second-order valence-corrected chi connectivity index (χ2v) is 7.04. The van der Waals surface area contributed by atoms with Gasteiger partial charge in [0.2, 0.25) is 5.91 Å². The number of primary amides is 1. The Morgan fingerprint density at radius 3 is 3.08 bits per heavy atom. The van der Waals surface area contributed by atoms with Crippen molar-refractivity contribution in [1.29, 1.82) is 0 Å². The first-order chi connectivity index (χ1) is 11.6. The van der Waals surface area contributed by atoms with E-state index < -0.39 is 5.91 Å². The number of thiophene rings is 1. The third-order valence-corrected chi connectivity index (χ3v) is 5.08. The molecule has 1 atom stereocenters. The molecule has 0 saturated carbocycles. The molecule has 0 aromatic carbocycles. The van der Waals surface area contributed by atoms with Gasteiger partial charge in [-0.2, -0.15) is 5.10 Å². The maximum Gasteiger partial charge on any atom is 0.269 e. The molecular formula is C16H21N5O2S. The molecule has 2 aromatic rings. The number of aromatic nitrogens is 2. The highest BCUT2D eigenvalue weighted by molar-refractivity contribution is 7.09. The van der Waals surface area contributed by atoms with E-state index in [9.17, 15) is 9.59 Å². The van der Waals surface area contributed by atoms with Gasteiger partial charge in [-0.15, -0.1) is 11.3 Å². The van der Waals surface area contributed by atoms with Gasteiger partial charge < -0.3 is 11.1 Å². The molecule has 1 unspecified atom stereocenters. The first kappa shape index (κ1) is 16.7. The molecule has 128 valence electrons. The molecule has 3 rings (SSSR count). The number of nitrogens with zero attached hydrogens (tertiary/aromatic N) is 2. The first-order valence-corrected chi connectivity index (χ1v) is 8.86. The summed E-state index contributed by atoms with van der Waals surface area (Å²) >= 11 is 1.64. The van der Waals surface area contributed by atoms with Crippen molar-refractivity contribution in [2.75, 3.05) is 19.6 Å². The number of piperidine rings is 1. The minimum absolute atomic E-state index is 0.0338. The lowest BCUT2D eigenvalue weighted by Crippen LogP contribution is -2.41. The maximum atomic E-state index is 12.1. The normalized spacial score (nSPS) is 18.4. The number of likely N-dealkylation sites (tertiary alicyclic amines) is 1. The van der Waals surface area contributed by atoms with Gasteiger partial charge in [0, 0.05) is 23.0 Å². The summed E-state index contributed by atoms with van der Waals surface area (Å²) in [6, 6.07) is 5.70. The number of H-pyrrole nitrogens is 1. The number of rotatable bonds is 6. The number of amides is 2. The Morgan fingerprint density at radius 2 is 2.38 bits per heavy atom. The molecule has 0 aliphatic carbocycles. The Hall–Kier alpha value is -2.19. The zero-order chi connectivity index (χ0) is 16.9. The molecule has 3 heterocycles. The van der Waals surface area contributed by atoms with Gasteiger partial charge in [-0.25, -0.2) is 0 Å². The third-order valence-electron chi connectivity index (χ3n) is 4.20. The van der Waals surface area contributed by atoms with Crippen LogP contribution in [0, 0.1) is 0 Å². The van der Waals surface area contributed by atoms with E-state index in [4.69, 9.17) is 5.73 Å². The van der Waals surface area contributed by atoms with E-state index in [0.717, 1.165) is 36.5 Å². The maximum absolute atomic E-state index is 12.1. The fourth-order valence-corrected chi connectivity index (χ4v) is 3.63. The van der Waals surface area contributed by atoms with Crippen LogP contribution in [-0.4, -0.2) is 46.5 Å². The van der Waals surface area contributed by atoms with Crippen LogP contribution in [0.5, 0.6) is 0 Å². The summed E-state index contributed by atoms with van der Waals surface area (Å²) in [5, 5.41) is 11.8. The van der Waals surface area contributed by atoms with E-state index >= 15 is 0 Å². The van der Waals surface area contributed by atoms with Crippen LogP contribution in [0.2, 0.25) is 0 Å². The summed E-state index contributed by atoms with van der Waals surface area (Å²) in [5.41, 5.74) is 6.41. The van der Waals surface area contributed by atoms with Crippen molar-refractivity contribution < 1.29 is 9.59 Å². The second kappa shape index (κ2) is 7.59. The molecule has 0 bridgehead atoms. The summed E-state index contributed by atoms with van der Waals surface area (Å²) < 4.78 is 0. The molecule has 7 nitrogen and oxygen atoms in total. The molecule has 1 aliphatic heterocycles. The summed E-state index contributed by atoms with van der Waals surface area (Å²) in [6.45, 7) is 2.64. The van der Waals surface area contributed by atoms with Crippen LogP contribution in [-0.2, 0) is 11.3 Å². The molecule has 0 spiro atoms. The molecule has 0 radical (unpaired) electrons. The molecule has 2 aromatic heterocycles. The van der Waals surface area contributed by atoms with Crippen LogP contribution in [0.3, 0.4) is 0 Å². The molecule has 1 saturated heterocycles. The Labute approximate surface area is 144 Å². The van der Waals surface area contributed by atoms with Crippen molar-refractivity contribution >= 4 is 23.2 Å². The Bertz CT molecular complexity index is 697. The molecule has 1 fully saturated rings. The van der Waals surface area contributed by atoms with Gasteiger partial charge >= 0.3 is 0 Å². The molecule has 24 heavy (non-hydrogen) atoms. The number of hydrogen-bond acceptors (Lipinski definition) is 5. The summed E-state index contributed by atoms with van der Waals surface area (Å²) in [7, 11) is 0. The highest BCUT2D eigenvalue weighted by atomic mass is 32.1. The predicted molar refractivity (Wildman–Crippen MR) is 91.7 cm³/mol. The molecular weight excluding hydrogens is 326 g/mol. The fraction of sp³-hybridized carbons (Fsp3) is 0.438. The molecule has 1 aliphatic rings. The van der Waals surface area contributed by atoms with Gasteiger partial charge in [-0.1, -0.05) is 6.07 Å². The van der Waals surface area contributed by atoms with Crippen LogP contribution in [0.1, 0.15) is 39.8 Å². The Balaban J connectivity index is 1.51. The highest BCUT2D eigenvalue weighted by Gasteiger charge is 2.24. The topological polar surface area (TPSA) is 104 Å². The summed E-state index contributed by atoms with van der Waals surface area (Å²) in [4.78, 5) is 26.6. The smallest absolute Gasteiger partial charge is 0.269 e. The first-order valence-electron chi connectivity index (χ1n) is 7.98. The largest absolute Gasteiger partial charge is 0.364 e. The number of carbonyl (C=O) groups excluding carboxylic acids is 2. The van der Waals surface area contributed by atoms with Crippen molar-refractivity contribution in [2.45, 2.75) is 25.3 Å². The lowest BCUT2D eigenvalue weighted by Gasteiger charge is -2.31. The van der Waals surface area contributed by atoms with E-state index in [1.165, 1.54) is 0 Å². The van der Waals surface area contributed by atoms with Crippen molar-refractivity contribution in [3.63, 3.8) is 0 Å². The lowest BCUT2D eigenvalue weighted by atomic mass is 9.94. The van der Waals surface area contributed by atoms with Crippen molar-refractivity contribution in [3.8, 4) is 0 Å². The van der Waals surface area contributed by atoms with Crippen LogP contribution in [0.4, 0.5) is 0 Å². The SMILES string of the molecule is NC(=O)c1cc(C2CCCN(CC(=O)NCc3cccs3)C2)[nH]n1. The van der Waals surface area contributed by atoms with Crippen LogP contribution >= 0.6 is 11.3 Å². The average molecular weight is 347 g/mol. The molecule has 4 N–H and O–H groups in total. The van der Waals surface area contributed by atoms with Crippen molar-refractivity contribution in [1.82, 2.24) is 20.4 Å². The minimum atomic E-state index is -0.530. The number of hydrogen-bond donors (Lipinski definition) is 3. The average Bonchev–Trinajstić information content (AvgIpc) is 3.25. The van der Waals surface area contributed by atoms with Gasteiger partial charge in [-0.3, -0.25) is 19.6 Å². The highest BCUT2D eigenvalue weighted by Crippen LogP contribution is 2.25. The zero-order valence-corrected chi connectivity index (χ0v) is 14.1. The number of aromatic amines is 1. The molecule has 2 amide bonds. The van der Waals surface area contributed by atoms with E-state index in [-0.39, 0.29) is 17.5 Å². The summed E-state index contributed by atoms with van der Waals surface area (Å²) in [6.07, 6.45) is 2.02. The van der Waals surface area contributed by atoms with Gasteiger partial charge in [0.15, 0.2) is 0 Å². The Kier molecular flexibility index (Phi) is 5.27.